The summed E-state index contributed by atoms with van der Waals surface area (Å²) < 4.78 is 0. The van der Waals surface area contributed by atoms with Crippen LogP contribution in [0, 0.1) is 0 Å². The number of nitrogens with zero attached hydrogens (tertiary/aromatic N) is 2. The SMILES string of the molecule is CCNc1ccc(C(C)C)nn1. The molecule has 1 aromatic rings. The molecule has 0 aliphatic carbocycles. The molecule has 0 unspecified atom stereocenters. The Morgan fingerprint density at radius 3 is 2.50 bits per heavy atom. The number of hydrogen-bond acceptors (Lipinski definition) is 3. The molecule has 0 atom stereocenters. The lowest BCUT2D eigenvalue weighted by atomic mass is 10.1. The highest BCUT2D eigenvalue weighted by Crippen LogP contribution is 2.10. The zero-order chi connectivity index (χ0) is 8.97. The molecular weight excluding hydrogens is 150 g/mol. The molecule has 3 nitrogen and oxygen atoms in total. The van der Waals surface area contributed by atoms with Crippen LogP contribution in [0.1, 0.15) is 32.4 Å². The Labute approximate surface area is 73.2 Å². The highest BCUT2D eigenvalue weighted by molar-refractivity contribution is 5.32. The van der Waals surface area contributed by atoms with Crippen molar-refractivity contribution in [2.75, 3.05) is 11.9 Å². The molecule has 1 aromatic heterocycles. The lowest BCUT2D eigenvalue weighted by molar-refractivity contribution is 0.786. The summed E-state index contributed by atoms with van der Waals surface area (Å²) in [7, 11) is 0. The second-order valence-electron chi connectivity index (χ2n) is 3.03. The van der Waals surface area contributed by atoms with Gasteiger partial charge in [0.15, 0.2) is 0 Å². The van der Waals surface area contributed by atoms with Gasteiger partial charge in [-0.05, 0) is 25.0 Å². The van der Waals surface area contributed by atoms with Gasteiger partial charge in [-0.3, -0.25) is 0 Å². The Balaban J connectivity index is 2.71. The van der Waals surface area contributed by atoms with E-state index in [0.717, 1.165) is 18.1 Å². The zero-order valence-electron chi connectivity index (χ0n) is 7.83. The summed E-state index contributed by atoms with van der Waals surface area (Å²) >= 11 is 0. The van der Waals surface area contributed by atoms with Crippen LogP contribution in [-0.2, 0) is 0 Å². The van der Waals surface area contributed by atoms with Crippen LogP contribution in [-0.4, -0.2) is 16.7 Å². The maximum absolute atomic E-state index is 4.08. The number of anilines is 1. The Kier molecular flexibility index (Phi) is 3.02. The monoisotopic (exact) mass is 165 g/mol. The smallest absolute Gasteiger partial charge is 0.148 e. The second kappa shape index (κ2) is 4.04. The van der Waals surface area contributed by atoms with E-state index in [4.69, 9.17) is 0 Å². The largest absolute Gasteiger partial charge is 0.369 e. The molecule has 0 aromatic carbocycles. The van der Waals surface area contributed by atoms with Crippen molar-refractivity contribution in [3.8, 4) is 0 Å². The first-order valence-electron chi connectivity index (χ1n) is 4.31. The average Bonchev–Trinajstić information content (AvgIpc) is 2.06. The molecule has 0 aliphatic rings. The molecule has 0 radical (unpaired) electrons. The first-order valence-corrected chi connectivity index (χ1v) is 4.31. The molecular formula is C9H15N3. The van der Waals surface area contributed by atoms with Gasteiger partial charge in [0.2, 0.25) is 0 Å². The molecule has 1 N–H and O–H groups in total. The summed E-state index contributed by atoms with van der Waals surface area (Å²) in [6.45, 7) is 7.14. The quantitative estimate of drug-likeness (QED) is 0.744. The van der Waals surface area contributed by atoms with Gasteiger partial charge >= 0.3 is 0 Å². The fourth-order valence-corrected chi connectivity index (χ4v) is 0.926. The highest BCUT2D eigenvalue weighted by atomic mass is 15.2. The van der Waals surface area contributed by atoms with E-state index in [2.05, 4.69) is 29.4 Å². The van der Waals surface area contributed by atoms with Crippen LogP contribution in [0.15, 0.2) is 12.1 Å². The van der Waals surface area contributed by atoms with Gasteiger partial charge in [-0.15, -0.1) is 5.10 Å². The molecule has 0 aliphatic heterocycles. The molecule has 1 heterocycles. The standard InChI is InChI=1S/C9H15N3/c1-4-10-9-6-5-8(7(2)3)11-12-9/h5-7H,4H2,1-3H3,(H,10,12). The fraction of sp³-hybridized carbons (Fsp3) is 0.556. The van der Waals surface area contributed by atoms with Crippen molar-refractivity contribution in [2.24, 2.45) is 0 Å². The average molecular weight is 165 g/mol. The van der Waals surface area contributed by atoms with Gasteiger partial charge in [-0.2, -0.15) is 5.10 Å². The minimum absolute atomic E-state index is 0.452. The summed E-state index contributed by atoms with van der Waals surface area (Å²) in [6, 6.07) is 3.97. The summed E-state index contributed by atoms with van der Waals surface area (Å²) in [5.41, 5.74) is 1.04. The topological polar surface area (TPSA) is 37.8 Å². The van der Waals surface area contributed by atoms with Crippen LogP contribution >= 0.6 is 0 Å². The predicted molar refractivity (Wildman–Crippen MR) is 50.3 cm³/mol. The van der Waals surface area contributed by atoms with Gasteiger partial charge in [0.25, 0.3) is 0 Å². The molecule has 0 bridgehead atoms. The van der Waals surface area contributed by atoms with Gasteiger partial charge in [0.05, 0.1) is 5.69 Å². The van der Waals surface area contributed by atoms with Crippen molar-refractivity contribution in [1.29, 1.82) is 0 Å². The van der Waals surface area contributed by atoms with E-state index in [9.17, 15) is 0 Å². The van der Waals surface area contributed by atoms with Crippen molar-refractivity contribution in [3.05, 3.63) is 17.8 Å². The lowest BCUT2D eigenvalue weighted by Crippen LogP contribution is -2.02. The van der Waals surface area contributed by atoms with E-state index in [-0.39, 0.29) is 0 Å². The maximum atomic E-state index is 4.08. The minimum Gasteiger partial charge on any atom is -0.369 e. The molecule has 0 saturated carbocycles. The number of hydrogen-bond donors (Lipinski definition) is 1. The van der Waals surface area contributed by atoms with Crippen LogP contribution in [0.3, 0.4) is 0 Å². The third-order valence-corrected chi connectivity index (χ3v) is 1.63. The Morgan fingerprint density at radius 1 is 1.33 bits per heavy atom. The lowest BCUT2D eigenvalue weighted by Gasteiger charge is -2.04. The van der Waals surface area contributed by atoms with E-state index in [1.807, 2.05) is 19.1 Å². The molecule has 12 heavy (non-hydrogen) atoms. The van der Waals surface area contributed by atoms with Crippen molar-refractivity contribution < 1.29 is 0 Å². The Hall–Kier alpha value is -1.12. The van der Waals surface area contributed by atoms with Crippen molar-refractivity contribution in [1.82, 2.24) is 10.2 Å². The Morgan fingerprint density at radius 2 is 2.08 bits per heavy atom. The van der Waals surface area contributed by atoms with E-state index >= 15 is 0 Å². The minimum atomic E-state index is 0.452. The second-order valence-corrected chi connectivity index (χ2v) is 3.03. The maximum Gasteiger partial charge on any atom is 0.148 e. The molecule has 0 fully saturated rings. The summed E-state index contributed by atoms with van der Waals surface area (Å²) in [6.07, 6.45) is 0. The highest BCUT2D eigenvalue weighted by Gasteiger charge is 2.00. The van der Waals surface area contributed by atoms with Gasteiger partial charge in [-0.25, -0.2) is 0 Å². The van der Waals surface area contributed by atoms with E-state index in [1.165, 1.54) is 0 Å². The first-order chi connectivity index (χ1) is 5.74. The third-order valence-electron chi connectivity index (χ3n) is 1.63. The molecule has 0 amide bonds. The van der Waals surface area contributed by atoms with Gasteiger partial charge in [-0.1, -0.05) is 13.8 Å². The van der Waals surface area contributed by atoms with Gasteiger partial charge < -0.3 is 5.32 Å². The predicted octanol–water partition coefficient (Wildman–Crippen LogP) is 2.03. The zero-order valence-corrected chi connectivity index (χ0v) is 7.83. The van der Waals surface area contributed by atoms with Crippen molar-refractivity contribution >= 4 is 5.82 Å². The van der Waals surface area contributed by atoms with Crippen molar-refractivity contribution in [3.63, 3.8) is 0 Å². The normalized spacial score (nSPS) is 10.3. The van der Waals surface area contributed by atoms with Crippen molar-refractivity contribution in [2.45, 2.75) is 26.7 Å². The van der Waals surface area contributed by atoms with E-state index in [0.29, 0.717) is 5.92 Å². The van der Waals surface area contributed by atoms with Gasteiger partial charge in [0.1, 0.15) is 5.82 Å². The number of rotatable bonds is 3. The molecule has 3 heteroatoms. The first kappa shape index (κ1) is 8.97. The number of nitrogens with one attached hydrogen (secondary N) is 1. The summed E-state index contributed by atoms with van der Waals surface area (Å²) in [5.74, 6) is 1.30. The van der Waals surface area contributed by atoms with Crippen LogP contribution in [0.5, 0.6) is 0 Å². The molecule has 1 rings (SSSR count). The third kappa shape index (κ3) is 2.19. The molecule has 66 valence electrons. The summed E-state index contributed by atoms with van der Waals surface area (Å²) in [4.78, 5) is 0. The van der Waals surface area contributed by atoms with E-state index in [1.54, 1.807) is 0 Å². The van der Waals surface area contributed by atoms with Crippen LogP contribution in [0.4, 0.5) is 5.82 Å². The van der Waals surface area contributed by atoms with Crippen LogP contribution < -0.4 is 5.32 Å². The van der Waals surface area contributed by atoms with Gasteiger partial charge in [0, 0.05) is 6.54 Å². The fourth-order valence-electron chi connectivity index (χ4n) is 0.926. The molecule has 0 spiro atoms. The van der Waals surface area contributed by atoms with Crippen LogP contribution in [0.2, 0.25) is 0 Å². The van der Waals surface area contributed by atoms with Crippen LogP contribution in [0.25, 0.3) is 0 Å². The summed E-state index contributed by atoms with van der Waals surface area (Å²) in [5, 5.41) is 11.2. The van der Waals surface area contributed by atoms with E-state index < -0.39 is 0 Å². The number of aromatic nitrogens is 2. The molecule has 0 saturated heterocycles. The Bertz CT molecular complexity index is 228.